The molecule has 0 atom stereocenters. The zero-order chi connectivity index (χ0) is 12.1. The molecule has 0 aromatic carbocycles. The summed E-state index contributed by atoms with van der Waals surface area (Å²) < 4.78 is 15.5. The average molecular weight is 235 g/mol. The minimum atomic E-state index is -1.04. The summed E-state index contributed by atoms with van der Waals surface area (Å²) in [4.78, 5) is 10.0. The van der Waals surface area contributed by atoms with E-state index in [2.05, 4.69) is 5.73 Å². The Morgan fingerprint density at radius 2 is 1.44 bits per heavy atom. The van der Waals surface area contributed by atoms with E-state index in [1.54, 1.807) is 0 Å². The molecule has 0 aromatic heterocycles. The molecule has 16 heavy (non-hydrogen) atoms. The smallest absolute Gasteiger partial charge is 0.0977 e. The molecule has 0 aliphatic heterocycles. The molecule has 0 aromatic rings. The first-order valence-electron chi connectivity index (χ1n) is 5.49. The van der Waals surface area contributed by atoms with Crippen LogP contribution in [0.25, 0.3) is 0 Å². The lowest BCUT2D eigenvalue weighted by Gasteiger charge is -2.06. The predicted molar refractivity (Wildman–Crippen MR) is 54.5 cm³/mol. The fraction of sp³-hybridized carbons (Fsp3) is 0.900. The molecule has 0 spiro atoms. The third-order valence-corrected chi connectivity index (χ3v) is 1.70. The topological polar surface area (TPSA) is 95.5 Å². The van der Waals surface area contributed by atoms with Crippen LogP contribution in [0.1, 0.15) is 12.8 Å². The monoisotopic (exact) mass is 235 g/mol. The van der Waals surface area contributed by atoms with E-state index in [0.29, 0.717) is 46.1 Å². The molecule has 0 amide bonds. The molecule has 6 nitrogen and oxygen atoms in total. The van der Waals surface area contributed by atoms with Crippen LogP contribution in [-0.2, 0) is 19.0 Å². The Morgan fingerprint density at radius 1 is 0.938 bits per heavy atom. The van der Waals surface area contributed by atoms with Crippen molar-refractivity contribution in [3.63, 3.8) is 0 Å². The van der Waals surface area contributed by atoms with Crippen molar-refractivity contribution in [3.05, 3.63) is 0 Å². The molecule has 0 rings (SSSR count). The molecule has 3 N–H and O–H groups in total. The molecule has 0 aliphatic carbocycles. The third-order valence-electron chi connectivity index (χ3n) is 1.70. The lowest BCUT2D eigenvalue weighted by Crippen LogP contribution is -2.52. The Balaban J connectivity index is 2.90. The molecule has 0 radical (unpaired) electrons. The number of carboxylic acid groups (broad SMARTS) is 1. The van der Waals surface area contributed by atoms with Gasteiger partial charge in [-0.1, -0.05) is 0 Å². The van der Waals surface area contributed by atoms with Gasteiger partial charge >= 0.3 is 0 Å². The summed E-state index contributed by atoms with van der Waals surface area (Å²) in [7, 11) is 0. The number of carbonyl (C=O) groups excluding carboxylic acids is 1. The molecular weight excluding hydrogens is 214 g/mol. The summed E-state index contributed by atoms with van der Waals surface area (Å²) >= 11 is 0. The van der Waals surface area contributed by atoms with E-state index < -0.39 is 5.97 Å². The Hall–Kier alpha value is -0.690. The van der Waals surface area contributed by atoms with Crippen molar-refractivity contribution in [2.45, 2.75) is 12.8 Å². The maximum Gasteiger partial charge on any atom is 0.0977 e. The highest BCUT2D eigenvalue weighted by Crippen LogP contribution is 1.88. The first kappa shape index (κ1) is 15.3. The van der Waals surface area contributed by atoms with E-state index in [0.717, 1.165) is 6.54 Å². The normalized spacial score (nSPS) is 10.6. The number of ether oxygens (including phenoxy) is 3. The van der Waals surface area contributed by atoms with E-state index in [9.17, 15) is 9.90 Å². The van der Waals surface area contributed by atoms with Gasteiger partial charge in [0.25, 0.3) is 0 Å². The van der Waals surface area contributed by atoms with E-state index in [4.69, 9.17) is 14.2 Å². The highest BCUT2D eigenvalue weighted by Gasteiger charge is 1.92. The van der Waals surface area contributed by atoms with Gasteiger partial charge in [-0.2, -0.15) is 0 Å². The van der Waals surface area contributed by atoms with Crippen LogP contribution < -0.4 is 10.8 Å². The van der Waals surface area contributed by atoms with Gasteiger partial charge in [0.2, 0.25) is 0 Å². The molecule has 0 bridgehead atoms. The van der Waals surface area contributed by atoms with Crippen LogP contribution in [0.15, 0.2) is 0 Å². The van der Waals surface area contributed by atoms with Gasteiger partial charge in [-0.3, -0.25) is 0 Å². The molecular formula is C10H21NO5. The van der Waals surface area contributed by atoms with Crippen LogP contribution in [0.5, 0.6) is 0 Å². The summed E-state index contributed by atoms with van der Waals surface area (Å²) in [6, 6.07) is 0. The first-order chi connectivity index (χ1) is 7.77. The quantitative estimate of drug-likeness (QED) is 0.388. The van der Waals surface area contributed by atoms with Crippen molar-refractivity contribution in [1.82, 2.24) is 0 Å². The number of quaternary nitrogens is 1. The largest absolute Gasteiger partial charge is 0.550 e. The first-order valence-corrected chi connectivity index (χ1v) is 5.49. The number of aliphatic carboxylic acids is 1. The van der Waals surface area contributed by atoms with Crippen molar-refractivity contribution in [3.8, 4) is 0 Å². The summed E-state index contributed by atoms with van der Waals surface area (Å²) in [5, 5.41) is 10.0. The second-order valence-corrected chi connectivity index (χ2v) is 3.17. The molecule has 6 heteroatoms. The molecule has 0 aliphatic rings. The number of hydrogen-bond donors (Lipinski definition) is 1. The Labute approximate surface area is 95.7 Å². The maximum atomic E-state index is 10.0. The molecule has 0 heterocycles. The summed E-state index contributed by atoms with van der Waals surface area (Å²) in [5.74, 6) is -1.04. The maximum absolute atomic E-state index is 10.0. The predicted octanol–water partition coefficient (Wildman–Crippen LogP) is -2.19. The Bertz CT molecular complexity index is 165. The fourth-order valence-corrected chi connectivity index (χ4v) is 0.963. The standard InChI is InChI=1S/C10H21NO5/c11-3-5-15-7-9-16-8-6-14-4-1-2-10(12)13/h1-9,11H2,(H,12,13). The van der Waals surface area contributed by atoms with E-state index in [1.165, 1.54) is 0 Å². The lowest BCUT2D eigenvalue weighted by atomic mass is 10.3. The van der Waals surface area contributed by atoms with Crippen LogP contribution in [0.3, 0.4) is 0 Å². The number of hydrogen-bond acceptors (Lipinski definition) is 5. The van der Waals surface area contributed by atoms with Gasteiger partial charge in [-0.05, 0) is 12.8 Å². The molecule has 0 saturated carbocycles. The molecule has 0 saturated heterocycles. The van der Waals surface area contributed by atoms with Gasteiger partial charge in [0.05, 0.1) is 39.6 Å². The van der Waals surface area contributed by atoms with E-state index >= 15 is 0 Å². The summed E-state index contributed by atoms with van der Waals surface area (Å²) in [6.07, 6.45) is 0.523. The second kappa shape index (κ2) is 12.4. The number of rotatable bonds is 12. The zero-order valence-corrected chi connectivity index (χ0v) is 9.61. The van der Waals surface area contributed by atoms with Crippen molar-refractivity contribution >= 4 is 5.97 Å². The lowest BCUT2D eigenvalue weighted by molar-refractivity contribution is -0.374. The van der Waals surface area contributed by atoms with E-state index in [-0.39, 0.29) is 6.42 Å². The average Bonchev–Trinajstić information content (AvgIpc) is 2.25. The summed E-state index contributed by atoms with van der Waals surface area (Å²) in [6.45, 7) is 3.93. The summed E-state index contributed by atoms with van der Waals surface area (Å²) in [5.41, 5.74) is 3.64. The van der Waals surface area contributed by atoms with Gasteiger partial charge in [0.15, 0.2) is 0 Å². The van der Waals surface area contributed by atoms with Gasteiger partial charge < -0.3 is 29.8 Å². The zero-order valence-electron chi connectivity index (χ0n) is 9.61. The SMILES string of the molecule is [NH3+]CCOCCOCCOCCCC(=O)[O-]. The van der Waals surface area contributed by atoms with Crippen LogP contribution >= 0.6 is 0 Å². The molecule has 0 fully saturated rings. The molecule has 0 unspecified atom stereocenters. The van der Waals surface area contributed by atoms with E-state index in [1.807, 2.05) is 0 Å². The minimum absolute atomic E-state index is 0.0414. The van der Waals surface area contributed by atoms with Crippen molar-refractivity contribution in [2.75, 3.05) is 46.2 Å². The Morgan fingerprint density at radius 3 is 1.94 bits per heavy atom. The molecule has 96 valence electrons. The van der Waals surface area contributed by atoms with Crippen molar-refractivity contribution in [1.29, 1.82) is 0 Å². The van der Waals surface area contributed by atoms with Gasteiger partial charge in [-0.15, -0.1) is 0 Å². The number of carbonyl (C=O) groups is 1. The van der Waals surface area contributed by atoms with Crippen LogP contribution in [0.4, 0.5) is 0 Å². The van der Waals surface area contributed by atoms with Crippen LogP contribution in [0.2, 0.25) is 0 Å². The third kappa shape index (κ3) is 13.3. The van der Waals surface area contributed by atoms with Gasteiger partial charge in [-0.25, -0.2) is 0 Å². The second-order valence-electron chi connectivity index (χ2n) is 3.17. The highest BCUT2D eigenvalue weighted by atomic mass is 16.5. The fourth-order valence-electron chi connectivity index (χ4n) is 0.963. The van der Waals surface area contributed by atoms with Crippen LogP contribution in [0, 0.1) is 0 Å². The Kier molecular flexibility index (Phi) is 11.8. The minimum Gasteiger partial charge on any atom is -0.550 e. The van der Waals surface area contributed by atoms with Crippen LogP contribution in [-0.4, -0.2) is 52.2 Å². The van der Waals surface area contributed by atoms with Crippen molar-refractivity contribution in [2.24, 2.45) is 0 Å². The highest BCUT2D eigenvalue weighted by molar-refractivity contribution is 5.64. The van der Waals surface area contributed by atoms with Gasteiger partial charge in [0.1, 0.15) is 0 Å². The van der Waals surface area contributed by atoms with Gasteiger partial charge in [0, 0.05) is 12.6 Å². The van der Waals surface area contributed by atoms with Crippen molar-refractivity contribution < 1.29 is 29.8 Å². The number of carboxylic acids is 1.